The number of nitrogens with zero attached hydrogens (tertiary/aromatic N) is 2. The van der Waals surface area contributed by atoms with Gasteiger partial charge in [-0.2, -0.15) is 4.99 Å². The quantitative estimate of drug-likeness (QED) is 0.746. The average molecular weight is 237 g/mol. The second-order valence-corrected chi connectivity index (χ2v) is 5.95. The molecule has 94 valence electrons. The van der Waals surface area contributed by atoms with Crippen LogP contribution >= 0.6 is 0 Å². The maximum Gasteiger partial charge on any atom is 0.346 e. The molecular formula is C12H19N3O2. The van der Waals surface area contributed by atoms with Gasteiger partial charge in [0, 0.05) is 25.5 Å². The minimum Gasteiger partial charge on any atom is -0.385 e. The molecule has 2 aliphatic heterocycles. The van der Waals surface area contributed by atoms with Crippen molar-refractivity contribution in [1.82, 2.24) is 4.90 Å². The van der Waals surface area contributed by atoms with Crippen LogP contribution in [-0.4, -0.2) is 40.6 Å². The van der Waals surface area contributed by atoms with Gasteiger partial charge in [0.25, 0.3) is 0 Å². The van der Waals surface area contributed by atoms with Crippen LogP contribution in [0.15, 0.2) is 4.99 Å². The molecule has 3 rings (SSSR count). The molecule has 0 radical (unpaired) electrons. The van der Waals surface area contributed by atoms with Crippen molar-refractivity contribution in [1.29, 1.82) is 0 Å². The minimum absolute atomic E-state index is 0.150. The normalized spacial score (nSPS) is 36.5. The summed E-state index contributed by atoms with van der Waals surface area (Å²) >= 11 is 0. The Morgan fingerprint density at radius 2 is 2.18 bits per heavy atom. The van der Waals surface area contributed by atoms with Gasteiger partial charge in [-0.3, -0.25) is 0 Å². The van der Waals surface area contributed by atoms with E-state index in [1.165, 1.54) is 0 Å². The van der Waals surface area contributed by atoms with Crippen molar-refractivity contribution in [2.45, 2.75) is 56.7 Å². The van der Waals surface area contributed by atoms with Crippen molar-refractivity contribution in [3.05, 3.63) is 0 Å². The number of aliphatic imine (C=N–C) groups is 1. The Kier molecular flexibility index (Phi) is 2.09. The van der Waals surface area contributed by atoms with Gasteiger partial charge in [0.1, 0.15) is 11.4 Å². The molecule has 2 N–H and O–H groups in total. The summed E-state index contributed by atoms with van der Waals surface area (Å²) in [6, 6.07) is 0.198. The van der Waals surface area contributed by atoms with Crippen LogP contribution in [0.3, 0.4) is 0 Å². The topological polar surface area (TPSA) is 67.9 Å². The van der Waals surface area contributed by atoms with E-state index in [2.05, 4.69) is 18.8 Å². The molecule has 2 heterocycles. The first-order valence-corrected chi connectivity index (χ1v) is 6.27. The number of amides is 2. The molecule has 2 fully saturated rings. The number of nitrogens with two attached hydrogens (primary N) is 1. The summed E-state index contributed by atoms with van der Waals surface area (Å²) in [4.78, 5) is 17.9. The van der Waals surface area contributed by atoms with Crippen molar-refractivity contribution in [3.63, 3.8) is 0 Å². The second kappa shape index (κ2) is 3.22. The molecule has 1 aliphatic carbocycles. The van der Waals surface area contributed by atoms with Crippen molar-refractivity contribution < 1.29 is 9.53 Å². The van der Waals surface area contributed by atoms with E-state index in [9.17, 15) is 4.79 Å². The second-order valence-electron chi connectivity index (χ2n) is 5.95. The summed E-state index contributed by atoms with van der Waals surface area (Å²) in [6.07, 6.45) is 3.68. The third-order valence-electron chi connectivity index (χ3n) is 4.00. The minimum atomic E-state index is -0.375. The van der Waals surface area contributed by atoms with Gasteiger partial charge in [-0.05, 0) is 26.7 Å². The molecule has 1 saturated heterocycles. The lowest BCUT2D eigenvalue weighted by Gasteiger charge is -2.47. The predicted molar refractivity (Wildman–Crippen MR) is 63.9 cm³/mol. The number of hydrogen-bond donors (Lipinski definition) is 1. The van der Waals surface area contributed by atoms with Crippen molar-refractivity contribution in [2.24, 2.45) is 10.7 Å². The zero-order valence-corrected chi connectivity index (χ0v) is 10.4. The molecule has 1 spiro atoms. The highest BCUT2D eigenvalue weighted by Gasteiger charge is 2.57. The third-order valence-corrected chi connectivity index (χ3v) is 4.00. The van der Waals surface area contributed by atoms with Crippen molar-refractivity contribution in [3.8, 4) is 0 Å². The summed E-state index contributed by atoms with van der Waals surface area (Å²) in [5, 5.41) is 0. The van der Waals surface area contributed by atoms with E-state index < -0.39 is 0 Å². The highest BCUT2D eigenvalue weighted by Crippen LogP contribution is 2.45. The Morgan fingerprint density at radius 3 is 2.76 bits per heavy atom. The van der Waals surface area contributed by atoms with Gasteiger partial charge in [-0.25, -0.2) is 4.79 Å². The Hall–Kier alpha value is -1.10. The van der Waals surface area contributed by atoms with Gasteiger partial charge in [0.15, 0.2) is 0 Å². The van der Waals surface area contributed by atoms with Crippen molar-refractivity contribution >= 4 is 11.9 Å². The van der Waals surface area contributed by atoms with E-state index in [1.54, 1.807) is 0 Å². The average Bonchev–Trinajstić information content (AvgIpc) is 2.96. The molecule has 5 heteroatoms. The van der Waals surface area contributed by atoms with E-state index in [-0.39, 0.29) is 17.2 Å². The Bertz CT molecular complexity index is 401. The Balaban J connectivity index is 1.97. The van der Waals surface area contributed by atoms with Gasteiger partial charge >= 0.3 is 6.03 Å². The molecule has 1 saturated carbocycles. The lowest BCUT2D eigenvalue weighted by molar-refractivity contribution is -0.0903. The van der Waals surface area contributed by atoms with Crippen LogP contribution in [0.1, 0.15) is 39.5 Å². The monoisotopic (exact) mass is 237 g/mol. The third kappa shape index (κ3) is 1.56. The number of ether oxygens (including phenoxy) is 1. The van der Waals surface area contributed by atoms with E-state index in [0.717, 1.165) is 25.7 Å². The lowest BCUT2D eigenvalue weighted by Crippen LogP contribution is -2.61. The fraction of sp³-hybridized carbons (Fsp3) is 0.833. The fourth-order valence-corrected chi connectivity index (χ4v) is 3.17. The maximum absolute atomic E-state index is 12.0. The van der Waals surface area contributed by atoms with Crippen LogP contribution in [0, 0.1) is 0 Å². The summed E-state index contributed by atoms with van der Waals surface area (Å²) in [7, 11) is 0. The molecule has 5 nitrogen and oxygen atoms in total. The highest BCUT2D eigenvalue weighted by atomic mass is 16.5. The number of carbonyl (C=O) groups excluding carboxylic acids is 1. The summed E-state index contributed by atoms with van der Waals surface area (Å²) in [5.41, 5.74) is 5.43. The van der Waals surface area contributed by atoms with Crippen molar-refractivity contribution in [2.75, 3.05) is 6.61 Å². The number of rotatable bonds is 1. The zero-order chi connectivity index (χ0) is 12.3. The van der Waals surface area contributed by atoms with E-state index in [0.29, 0.717) is 18.5 Å². The maximum atomic E-state index is 12.0. The van der Waals surface area contributed by atoms with Gasteiger partial charge < -0.3 is 15.4 Å². The summed E-state index contributed by atoms with van der Waals surface area (Å²) < 4.78 is 5.74. The standard InChI is InChI=1S/C12H19N3O2/c1-11(2)7-12(5-6-17-11)9(13)14-10(16)15(12)8-3-4-8/h8H,3-7H2,1-2H3,(H2,13,14,16). The van der Waals surface area contributed by atoms with Crippen LogP contribution in [0.25, 0.3) is 0 Å². The van der Waals surface area contributed by atoms with Gasteiger partial charge in [-0.15, -0.1) is 0 Å². The summed E-state index contributed by atoms with van der Waals surface area (Å²) in [5.74, 6) is 0.491. The Morgan fingerprint density at radius 1 is 1.47 bits per heavy atom. The largest absolute Gasteiger partial charge is 0.385 e. The number of carbonyl (C=O) groups is 1. The Labute approximate surface area is 101 Å². The van der Waals surface area contributed by atoms with E-state index >= 15 is 0 Å². The molecule has 0 aromatic heterocycles. The first kappa shape index (κ1) is 11.0. The molecular weight excluding hydrogens is 218 g/mol. The molecule has 1 atom stereocenters. The smallest absolute Gasteiger partial charge is 0.346 e. The molecule has 2 amide bonds. The van der Waals surface area contributed by atoms with Crippen LogP contribution < -0.4 is 5.73 Å². The molecule has 3 aliphatic rings. The molecule has 0 bridgehead atoms. The first-order chi connectivity index (χ1) is 7.95. The first-order valence-electron chi connectivity index (χ1n) is 6.27. The fourth-order valence-electron chi connectivity index (χ4n) is 3.17. The van der Waals surface area contributed by atoms with Gasteiger partial charge in [0.2, 0.25) is 0 Å². The van der Waals surface area contributed by atoms with E-state index in [1.807, 2.05) is 4.90 Å². The lowest BCUT2D eigenvalue weighted by atomic mass is 9.79. The molecule has 0 aromatic carbocycles. The van der Waals surface area contributed by atoms with Crippen LogP contribution in [-0.2, 0) is 4.74 Å². The van der Waals surface area contributed by atoms with Crippen LogP contribution in [0.5, 0.6) is 0 Å². The SMILES string of the molecule is CC1(C)CC2(CCO1)C(N)=NC(=O)N2C1CC1. The predicted octanol–water partition coefficient (Wildman–Crippen LogP) is 1.27. The number of urea groups is 1. The van der Waals surface area contributed by atoms with E-state index in [4.69, 9.17) is 10.5 Å². The zero-order valence-electron chi connectivity index (χ0n) is 10.4. The van der Waals surface area contributed by atoms with Crippen LogP contribution in [0.4, 0.5) is 4.79 Å². The number of amidine groups is 1. The van der Waals surface area contributed by atoms with Gasteiger partial charge in [0.05, 0.1) is 5.60 Å². The number of hydrogen-bond acceptors (Lipinski definition) is 3. The summed E-state index contributed by atoms with van der Waals surface area (Å²) in [6.45, 7) is 4.74. The molecule has 0 aromatic rings. The molecule has 1 unspecified atom stereocenters. The molecule has 17 heavy (non-hydrogen) atoms. The van der Waals surface area contributed by atoms with Gasteiger partial charge in [-0.1, -0.05) is 0 Å². The highest BCUT2D eigenvalue weighted by molar-refractivity contribution is 6.06. The van der Waals surface area contributed by atoms with Crippen LogP contribution in [0.2, 0.25) is 0 Å².